The molecule has 0 atom stereocenters. The van der Waals surface area contributed by atoms with Crippen molar-refractivity contribution in [3.8, 4) is 5.19 Å². The minimum absolute atomic E-state index is 0.0314. The molecule has 23 heavy (non-hydrogen) atoms. The fourth-order valence-electron chi connectivity index (χ4n) is 2.52. The molecule has 1 N–H and O–H groups in total. The second kappa shape index (κ2) is 6.95. The molecule has 1 aliphatic heterocycles. The van der Waals surface area contributed by atoms with Gasteiger partial charge >= 0.3 is 6.03 Å². The van der Waals surface area contributed by atoms with Crippen LogP contribution in [-0.4, -0.2) is 41.7 Å². The van der Waals surface area contributed by atoms with Gasteiger partial charge in [0.05, 0.1) is 10.2 Å². The number of nitrogens with zero attached hydrogens (tertiary/aromatic N) is 2. The fourth-order valence-corrected chi connectivity index (χ4v) is 3.42. The van der Waals surface area contributed by atoms with Crippen LogP contribution in [0.5, 0.6) is 5.19 Å². The number of hydrogen-bond acceptors (Lipinski definition) is 4. The first-order valence-corrected chi connectivity index (χ1v) is 8.34. The van der Waals surface area contributed by atoms with Crippen molar-refractivity contribution in [2.24, 2.45) is 0 Å². The molecule has 7 heteroatoms. The highest BCUT2D eigenvalue weighted by Gasteiger charge is 2.24. The zero-order valence-electron chi connectivity index (χ0n) is 12.6. The van der Waals surface area contributed by atoms with Gasteiger partial charge in [-0.15, -0.1) is 6.58 Å². The number of fused-ring (bicyclic) bond motifs is 1. The van der Waals surface area contributed by atoms with Crippen LogP contribution >= 0.6 is 11.3 Å². The lowest BCUT2D eigenvalue weighted by atomic mass is 10.1. The second-order valence-electron chi connectivity index (χ2n) is 5.37. The third-order valence-corrected chi connectivity index (χ3v) is 4.63. The molecule has 0 spiro atoms. The molecular weight excluding hydrogens is 317 g/mol. The number of rotatable bonds is 4. The molecule has 0 bridgehead atoms. The third kappa shape index (κ3) is 3.79. The second-order valence-corrected chi connectivity index (χ2v) is 6.36. The minimum atomic E-state index is -0.272. The van der Waals surface area contributed by atoms with Gasteiger partial charge in [0.25, 0.3) is 5.19 Å². The van der Waals surface area contributed by atoms with Crippen molar-refractivity contribution in [2.75, 3.05) is 19.6 Å². The molecule has 1 fully saturated rings. The van der Waals surface area contributed by atoms with Crippen LogP contribution in [0.15, 0.2) is 30.9 Å². The zero-order valence-corrected chi connectivity index (χ0v) is 13.4. The number of ether oxygens (including phenoxy) is 1. The van der Waals surface area contributed by atoms with Gasteiger partial charge in [0, 0.05) is 32.5 Å². The first kappa shape index (κ1) is 15.7. The van der Waals surface area contributed by atoms with Crippen molar-refractivity contribution >= 4 is 27.6 Å². The number of thiazole rings is 1. The number of nitrogens with one attached hydrogen (secondary N) is 1. The fraction of sp³-hybridized carbons (Fsp3) is 0.375. The molecule has 0 radical (unpaired) electrons. The maximum absolute atomic E-state index is 13.2. The van der Waals surface area contributed by atoms with Gasteiger partial charge in [-0.3, -0.25) is 0 Å². The van der Waals surface area contributed by atoms with E-state index in [1.165, 1.54) is 23.5 Å². The standard InChI is InChI=1S/C16H18FN3O2S/c1-2-7-18-15(21)20-8-5-12(6-9-20)22-16-19-13-4-3-11(17)10-14(13)23-16/h2-4,10,12H,1,5-9H2,(H,18,21). The smallest absolute Gasteiger partial charge is 0.317 e. The largest absolute Gasteiger partial charge is 0.467 e. The van der Waals surface area contributed by atoms with Crippen molar-refractivity contribution in [3.05, 3.63) is 36.7 Å². The van der Waals surface area contributed by atoms with E-state index in [1.54, 1.807) is 17.0 Å². The summed E-state index contributed by atoms with van der Waals surface area (Å²) in [5.41, 5.74) is 0.743. The number of benzene rings is 1. The van der Waals surface area contributed by atoms with Crippen LogP contribution in [0.4, 0.5) is 9.18 Å². The molecule has 3 rings (SSSR count). The van der Waals surface area contributed by atoms with Crippen LogP contribution in [-0.2, 0) is 0 Å². The van der Waals surface area contributed by atoms with Crippen molar-refractivity contribution in [2.45, 2.75) is 18.9 Å². The normalized spacial score (nSPS) is 15.6. The summed E-state index contributed by atoms with van der Waals surface area (Å²) in [4.78, 5) is 18.0. The maximum Gasteiger partial charge on any atom is 0.317 e. The SMILES string of the molecule is C=CCNC(=O)N1CCC(Oc2nc3ccc(F)cc3s2)CC1. The maximum atomic E-state index is 13.2. The Bertz CT molecular complexity index is 710. The molecule has 2 amide bonds. The number of piperidine rings is 1. The van der Waals surface area contributed by atoms with Gasteiger partial charge in [-0.1, -0.05) is 17.4 Å². The van der Waals surface area contributed by atoms with Gasteiger partial charge in [0.15, 0.2) is 0 Å². The van der Waals surface area contributed by atoms with Gasteiger partial charge < -0.3 is 15.0 Å². The number of amides is 2. The predicted molar refractivity (Wildman–Crippen MR) is 88.4 cm³/mol. The minimum Gasteiger partial charge on any atom is -0.467 e. The van der Waals surface area contributed by atoms with E-state index in [2.05, 4.69) is 16.9 Å². The van der Waals surface area contributed by atoms with E-state index in [0.717, 1.165) is 23.1 Å². The summed E-state index contributed by atoms with van der Waals surface area (Å²) in [6.45, 7) is 5.34. The highest BCUT2D eigenvalue weighted by Crippen LogP contribution is 2.30. The molecule has 0 saturated carbocycles. The van der Waals surface area contributed by atoms with E-state index >= 15 is 0 Å². The van der Waals surface area contributed by atoms with Crippen LogP contribution < -0.4 is 10.1 Å². The number of carbonyl (C=O) groups is 1. The molecule has 2 aromatic rings. The molecule has 1 aliphatic rings. The Morgan fingerprint density at radius 3 is 3.04 bits per heavy atom. The Labute approximate surface area is 137 Å². The Morgan fingerprint density at radius 1 is 1.52 bits per heavy atom. The highest BCUT2D eigenvalue weighted by molar-refractivity contribution is 7.20. The molecule has 0 aliphatic carbocycles. The van der Waals surface area contributed by atoms with Gasteiger partial charge in [-0.2, -0.15) is 0 Å². The summed E-state index contributed by atoms with van der Waals surface area (Å²) in [6, 6.07) is 4.44. The molecule has 1 aromatic heterocycles. The lowest BCUT2D eigenvalue weighted by Crippen LogP contribution is -2.46. The van der Waals surface area contributed by atoms with Crippen molar-refractivity contribution < 1.29 is 13.9 Å². The highest BCUT2D eigenvalue weighted by atomic mass is 32.1. The van der Waals surface area contributed by atoms with E-state index in [9.17, 15) is 9.18 Å². The summed E-state index contributed by atoms with van der Waals surface area (Å²) in [6.07, 6.45) is 3.20. The van der Waals surface area contributed by atoms with Crippen molar-refractivity contribution in [1.82, 2.24) is 15.2 Å². The van der Waals surface area contributed by atoms with E-state index in [-0.39, 0.29) is 18.0 Å². The molecule has 1 aromatic carbocycles. The number of hydrogen-bond donors (Lipinski definition) is 1. The van der Waals surface area contributed by atoms with Gasteiger partial charge in [0.1, 0.15) is 11.9 Å². The molecule has 0 unspecified atom stereocenters. The van der Waals surface area contributed by atoms with Gasteiger partial charge in [-0.05, 0) is 18.2 Å². The number of aromatic nitrogens is 1. The zero-order chi connectivity index (χ0) is 16.2. The van der Waals surface area contributed by atoms with E-state index < -0.39 is 0 Å². The van der Waals surface area contributed by atoms with E-state index in [1.807, 2.05) is 0 Å². The van der Waals surface area contributed by atoms with Crippen LogP contribution in [0.3, 0.4) is 0 Å². The first-order valence-electron chi connectivity index (χ1n) is 7.52. The molecule has 2 heterocycles. The number of urea groups is 1. The summed E-state index contributed by atoms with van der Waals surface area (Å²) in [5, 5.41) is 3.33. The van der Waals surface area contributed by atoms with Crippen LogP contribution in [0.2, 0.25) is 0 Å². The Morgan fingerprint density at radius 2 is 2.30 bits per heavy atom. The molecule has 122 valence electrons. The van der Waals surface area contributed by atoms with E-state index in [0.29, 0.717) is 24.8 Å². The Hall–Kier alpha value is -2.15. The summed E-state index contributed by atoms with van der Waals surface area (Å²) in [5.74, 6) is -0.272. The number of likely N-dealkylation sites (tertiary alicyclic amines) is 1. The third-order valence-electron chi connectivity index (χ3n) is 3.73. The van der Waals surface area contributed by atoms with E-state index in [4.69, 9.17) is 4.74 Å². The molecule has 1 saturated heterocycles. The Balaban J connectivity index is 1.55. The summed E-state index contributed by atoms with van der Waals surface area (Å²) >= 11 is 1.35. The monoisotopic (exact) mass is 335 g/mol. The van der Waals surface area contributed by atoms with Crippen LogP contribution in [0.25, 0.3) is 10.2 Å². The topological polar surface area (TPSA) is 54.5 Å². The quantitative estimate of drug-likeness (QED) is 0.873. The van der Waals surface area contributed by atoms with Crippen molar-refractivity contribution in [3.63, 3.8) is 0 Å². The lowest BCUT2D eigenvalue weighted by Gasteiger charge is -2.31. The lowest BCUT2D eigenvalue weighted by molar-refractivity contribution is 0.111. The average molecular weight is 335 g/mol. The summed E-state index contributed by atoms with van der Waals surface area (Å²) < 4.78 is 19.9. The van der Waals surface area contributed by atoms with Crippen LogP contribution in [0, 0.1) is 5.82 Å². The number of halogens is 1. The predicted octanol–water partition coefficient (Wildman–Crippen LogP) is 3.17. The van der Waals surface area contributed by atoms with Gasteiger partial charge in [-0.25, -0.2) is 14.2 Å². The molecular formula is C16H18FN3O2S. The summed E-state index contributed by atoms with van der Waals surface area (Å²) in [7, 11) is 0. The first-order chi connectivity index (χ1) is 11.2. The van der Waals surface area contributed by atoms with Crippen LogP contribution in [0.1, 0.15) is 12.8 Å². The van der Waals surface area contributed by atoms with Gasteiger partial charge in [0.2, 0.25) is 0 Å². The Kier molecular flexibility index (Phi) is 4.76. The number of carbonyl (C=O) groups excluding carboxylic acids is 1. The molecule has 5 nitrogen and oxygen atoms in total. The van der Waals surface area contributed by atoms with Crippen molar-refractivity contribution in [1.29, 1.82) is 0 Å². The average Bonchev–Trinajstić information content (AvgIpc) is 2.94.